The fourth-order valence-corrected chi connectivity index (χ4v) is 4.87. The molecule has 0 bridgehead atoms. The second-order valence-electron chi connectivity index (χ2n) is 9.84. The van der Waals surface area contributed by atoms with Crippen LogP contribution in [0.1, 0.15) is 114 Å². The summed E-state index contributed by atoms with van der Waals surface area (Å²) in [5.74, 6) is 0. The number of allylic oxidation sites excluding steroid dienone is 2. The van der Waals surface area contributed by atoms with Gasteiger partial charge in [0.05, 0.1) is 0 Å². The van der Waals surface area contributed by atoms with Gasteiger partial charge in [-0.15, -0.1) is 0 Å². The molecule has 0 fully saturated rings. The second-order valence-corrected chi connectivity index (χ2v) is 9.84. The van der Waals surface area contributed by atoms with Crippen LogP contribution in [0, 0.1) is 0 Å². The average Bonchev–Trinajstić information content (AvgIpc) is 3.19. The van der Waals surface area contributed by atoms with E-state index in [4.69, 9.17) is 0 Å². The summed E-state index contributed by atoms with van der Waals surface area (Å²) in [5.41, 5.74) is 19.5. The van der Waals surface area contributed by atoms with Crippen LogP contribution < -0.4 is 0 Å². The number of aryl methyl sites for hydroxylation is 2. The molecule has 0 radical (unpaired) electrons. The van der Waals surface area contributed by atoms with Gasteiger partial charge in [0.2, 0.25) is 11.4 Å². The Hall–Kier alpha value is -2.48. The summed E-state index contributed by atoms with van der Waals surface area (Å²) >= 11 is 0. The second kappa shape index (κ2) is 14.0. The van der Waals surface area contributed by atoms with Gasteiger partial charge in [-0.05, 0) is 73.9 Å². The normalized spacial score (nSPS) is 13.6. The summed E-state index contributed by atoms with van der Waals surface area (Å²) in [6, 6.07) is 17.5. The molecule has 182 valence electrons. The molecule has 2 aromatic rings. The Balaban J connectivity index is 1.86. The maximum absolute atomic E-state index is 11.4. The van der Waals surface area contributed by atoms with Crippen LogP contribution in [0.2, 0.25) is 0 Å². The van der Waals surface area contributed by atoms with Gasteiger partial charge in [-0.25, -0.2) is 4.70 Å². The lowest BCUT2D eigenvalue weighted by atomic mass is 9.99. The molecule has 1 heterocycles. The summed E-state index contributed by atoms with van der Waals surface area (Å²) < 4.78 is 1.46. The summed E-state index contributed by atoms with van der Waals surface area (Å²) in [4.78, 5) is 0. The van der Waals surface area contributed by atoms with Crippen LogP contribution in [-0.2, 0) is 12.8 Å². The lowest BCUT2D eigenvalue weighted by Crippen LogP contribution is -2.03. The Labute approximate surface area is 208 Å². The molecule has 2 nitrogen and oxygen atoms in total. The Morgan fingerprint density at radius 1 is 0.618 bits per heavy atom. The van der Waals surface area contributed by atoms with Crippen LogP contribution in [0.25, 0.3) is 16.9 Å². The van der Waals surface area contributed by atoms with E-state index >= 15 is 0 Å². The first-order chi connectivity index (χ1) is 16.7. The van der Waals surface area contributed by atoms with E-state index < -0.39 is 0 Å². The highest BCUT2D eigenvalue weighted by molar-refractivity contribution is 5.78. The molecular formula is C32H44N2. The zero-order chi connectivity index (χ0) is 24.2. The Morgan fingerprint density at radius 3 is 1.82 bits per heavy atom. The minimum atomic E-state index is 0.910. The molecule has 0 unspecified atom stereocenters. The van der Waals surface area contributed by atoms with Gasteiger partial charge in [0.15, 0.2) is 0 Å². The summed E-state index contributed by atoms with van der Waals surface area (Å²) in [7, 11) is 0. The summed E-state index contributed by atoms with van der Waals surface area (Å²) in [6.07, 6.45) is 17.9. The van der Waals surface area contributed by atoms with Crippen LogP contribution in [0.4, 0.5) is 0 Å². The van der Waals surface area contributed by atoms with Crippen LogP contribution in [0.3, 0.4) is 0 Å². The van der Waals surface area contributed by atoms with E-state index in [-0.39, 0.29) is 0 Å². The third kappa shape index (κ3) is 7.26. The molecule has 0 amide bonds. The number of benzene rings is 2. The number of hydrogen-bond donors (Lipinski definition) is 0. The molecule has 0 spiro atoms. The molecule has 0 aliphatic carbocycles. The molecule has 2 heteroatoms. The number of unbranched alkanes of at least 4 members (excludes halogenated alkanes) is 7. The molecule has 1 aliphatic rings. The summed E-state index contributed by atoms with van der Waals surface area (Å²) in [5, 5.41) is 0. The van der Waals surface area contributed by atoms with Gasteiger partial charge in [0.1, 0.15) is 0 Å². The molecule has 0 saturated carbocycles. The van der Waals surface area contributed by atoms with Crippen molar-refractivity contribution in [2.75, 3.05) is 0 Å². The molecule has 0 atom stereocenters. The van der Waals surface area contributed by atoms with Crippen molar-refractivity contribution in [3.05, 3.63) is 88.0 Å². The highest BCUT2D eigenvalue weighted by atomic mass is 15.2. The van der Waals surface area contributed by atoms with Gasteiger partial charge in [-0.3, -0.25) is 0 Å². The largest absolute Gasteiger partial charge is 0.493 e. The third-order valence-corrected chi connectivity index (χ3v) is 6.92. The van der Waals surface area contributed by atoms with E-state index in [1.807, 2.05) is 0 Å². The lowest BCUT2D eigenvalue weighted by Gasteiger charge is -2.11. The van der Waals surface area contributed by atoms with E-state index in [2.05, 4.69) is 75.4 Å². The quantitative estimate of drug-likeness (QED) is 0.188. The Kier molecular flexibility index (Phi) is 10.8. The van der Waals surface area contributed by atoms with E-state index in [1.165, 1.54) is 85.6 Å². The molecule has 0 saturated heterocycles. The number of rotatable bonds is 15. The van der Waals surface area contributed by atoms with Crippen molar-refractivity contribution in [1.29, 1.82) is 0 Å². The predicted molar refractivity (Wildman–Crippen MR) is 147 cm³/mol. The maximum Gasteiger partial charge on any atom is 0.210 e. The Bertz CT molecular complexity index is 996. The number of hydrogen-bond acceptors (Lipinski definition) is 0. The smallest absolute Gasteiger partial charge is 0.210 e. The van der Waals surface area contributed by atoms with E-state index in [9.17, 15) is 5.53 Å². The third-order valence-electron chi connectivity index (χ3n) is 6.92. The van der Waals surface area contributed by atoms with Crippen LogP contribution >= 0.6 is 0 Å². The molecule has 3 rings (SSSR count). The standard InChI is InChI=1S/C32H44N2/c1-4-7-10-11-12-13-20-30-25-31(28-21-14-18-26(23-28)16-8-5-2)34(33)32(30)29-22-15-19-27(24-29)17-9-6-3/h14-15,18-19,21-25H,4-13,16-17,20H2,1-3H3. The number of nitrogens with zero attached hydrogens (tertiary/aromatic N) is 2. The highest BCUT2D eigenvalue weighted by Gasteiger charge is 2.28. The van der Waals surface area contributed by atoms with Crippen molar-refractivity contribution < 1.29 is 4.70 Å². The minimum absolute atomic E-state index is 0.910. The lowest BCUT2D eigenvalue weighted by molar-refractivity contribution is -0.344. The molecule has 0 aromatic heterocycles. The highest BCUT2D eigenvalue weighted by Crippen LogP contribution is 2.38. The van der Waals surface area contributed by atoms with Crippen molar-refractivity contribution >= 4 is 11.4 Å². The van der Waals surface area contributed by atoms with Crippen LogP contribution in [0.15, 0.2) is 60.2 Å². The van der Waals surface area contributed by atoms with Crippen LogP contribution in [0.5, 0.6) is 0 Å². The monoisotopic (exact) mass is 456 g/mol. The average molecular weight is 457 g/mol. The van der Waals surface area contributed by atoms with Gasteiger partial charge in [0, 0.05) is 22.8 Å². The molecule has 0 N–H and O–H groups in total. The molecular weight excluding hydrogens is 412 g/mol. The zero-order valence-corrected chi connectivity index (χ0v) is 21.8. The van der Waals surface area contributed by atoms with Crippen molar-refractivity contribution in [1.82, 2.24) is 0 Å². The van der Waals surface area contributed by atoms with E-state index in [1.54, 1.807) is 0 Å². The van der Waals surface area contributed by atoms with Gasteiger partial charge in [0.25, 0.3) is 0 Å². The first kappa shape index (κ1) is 26.1. The van der Waals surface area contributed by atoms with E-state index in [0.29, 0.717) is 0 Å². The first-order valence-corrected chi connectivity index (χ1v) is 13.8. The van der Waals surface area contributed by atoms with Crippen molar-refractivity contribution in [2.45, 2.75) is 104 Å². The molecule has 2 aromatic carbocycles. The molecule has 1 aliphatic heterocycles. The van der Waals surface area contributed by atoms with Crippen LogP contribution in [-0.4, -0.2) is 4.70 Å². The van der Waals surface area contributed by atoms with Gasteiger partial charge in [-0.2, -0.15) is 0 Å². The van der Waals surface area contributed by atoms with Crippen molar-refractivity contribution in [3.63, 3.8) is 0 Å². The van der Waals surface area contributed by atoms with Gasteiger partial charge >= 0.3 is 0 Å². The van der Waals surface area contributed by atoms with Gasteiger partial charge in [-0.1, -0.05) is 90.0 Å². The fraction of sp³-hybridized carbons (Fsp3) is 0.500. The first-order valence-electron chi connectivity index (χ1n) is 13.8. The minimum Gasteiger partial charge on any atom is -0.493 e. The van der Waals surface area contributed by atoms with Crippen molar-refractivity contribution in [2.24, 2.45) is 0 Å². The van der Waals surface area contributed by atoms with E-state index in [0.717, 1.165) is 41.8 Å². The Morgan fingerprint density at radius 2 is 1.18 bits per heavy atom. The maximum atomic E-state index is 11.4. The predicted octanol–water partition coefficient (Wildman–Crippen LogP) is 9.92. The topological polar surface area (TPSA) is 25.3 Å². The summed E-state index contributed by atoms with van der Waals surface area (Å²) in [6.45, 7) is 6.74. The van der Waals surface area contributed by atoms with Gasteiger partial charge < -0.3 is 5.53 Å². The van der Waals surface area contributed by atoms with Crippen molar-refractivity contribution in [3.8, 4) is 0 Å². The SMILES string of the molecule is CCCCCCCCC1=C(c2cccc(CCCC)c2)[N+](=[N-])C(c2cccc(CCCC)c2)=C1. The molecule has 34 heavy (non-hydrogen) atoms. The zero-order valence-electron chi connectivity index (χ0n) is 21.8. The fourth-order valence-electron chi connectivity index (χ4n) is 4.87.